The Labute approximate surface area is 135 Å². The van der Waals surface area contributed by atoms with E-state index >= 15 is 0 Å². The summed E-state index contributed by atoms with van der Waals surface area (Å²) in [6, 6.07) is 5.31. The van der Waals surface area contributed by atoms with Gasteiger partial charge in [-0.1, -0.05) is 13.8 Å². The molecule has 122 valence electrons. The molecule has 0 aliphatic rings. The molecule has 0 aliphatic heterocycles. The lowest BCUT2D eigenvalue weighted by atomic mass is 10.0. The summed E-state index contributed by atoms with van der Waals surface area (Å²) >= 11 is 0. The summed E-state index contributed by atoms with van der Waals surface area (Å²) < 4.78 is 5.29. The van der Waals surface area contributed by atoms with Crippen molar-refractivity contribution in [2.24, 2.45) is 5.92 Å². The monoisotopic (exact) mass is 314 g/mol. The van der Waals surface area contributed by atoms with Gasteiger partial charge in [-0.05, 0) is 49.9 Å². The fourth-order valence-corrected chi connectivity index (χ4v) is 2.24. The van der Waals surface area contributed by atoms with Crippen molar-refractivity contribution in [3.05, 3.63) is 57.4 Å². The van der Waals surface area contributed by atoms with E-state index in [1.54, 1.807) is 31.3 Å². The Morgan fingerprint density at radius 2 is 2.04 bits per heavy atom. The normalized spacial score (nSPS) is 10.8. The van der Waals surface area contributed by atoms with Gasteiger partial charge in [-0.15, -0.1) is 0 Å². The van der Waals surface area contributed by atoms with Crippen molar-refractivity contribution >= 4 is 11.6 Å². The standard InChI is InChI=1S/C18H22N2O3/c1-11(2)5-8-15-9-12(3)16(18(22)23-15)17(21)20-14-7-6-13(4)19-10-14/h6-7,9-11H,5,8H2,1-4H3,(H,20,21). The van der Waals surface area contributed by atoms with Crippen LogP contribution in [0.2, 0.25) is 0 Å². The number of aryl methyl sites for hydroxylation is 3. The van der Waals surface area contributed by atoms with Crippen LogP contribution in [0.5, 0.6) is 0 Å². The van der Waals surface area contributed by atoms with Gasteiger partial charge in [0.25, 0.3) is 5.91 Å². The SMILES string of the molecule is Cc1ccc(NC(=O)c2c(C)cc(CCC(C)C)oc2=O)cn1. The summed E-state index contributed by atoms with van der Waals surface area (Å²) in [7, 11) is 0. The van der Waals surface area contributed by atoms with Gasteiger partial charge in [0.1, 0.15) is 11.3 Å². The van der Waals surface area contributed by atoms with Crippen molar-refractivity contribution in [2.45, 2.75) is 40.5 Å². The van der Waals surface area contributed by atoms with E-state index in [9.17, 15) is 9.59 Å². The molecule has 0 saturated carbocycles. The van der Waals surface area contributed by atoms with Gasteiger partial charge in [-0.3, -0.25) is 9.78 Å². The first-order chi connectivity index (χ1) is 10.9. The molecule has 0 saturated heterocycles. The van der Waals surface area contributed by atoms with Crippen LogP contribution in [0.4, 0.5) is 5.69 Å². The number of hydrogen-bond acceptors (Lipinski definition) is 4. The Morgan fingerprint density at radius 3 is 2.61 bits per heavy atom. The van der Waals surface area contributed by atoms with Gasteiger partial charge in [0.05, 0.1) is 11.9 Å². The van der Waals surface area contributed by atoms with Gasteiger partial charge in [0, 0.05) is 12.1 Å². The Kier molecular flexibility index (Phi) is 5.32. The first-order valence-corrected chi connectivity index (χ1v) is 7.74. The minimum Gasteiger partial charge on any atom is -0.427 e. The summed E-state index contributed by atoms with van der Waals surface area (Å²) in [6.07, 6.45) is 3.18. The number of amides is 1. The van der Waals surface area contributed by atoms with Gasteiger partial charge >= 0.3 is 5.63 Å². The second-order valence-corrected chi connectivity index (χ2v) is 6.13. The molecule has 23 heavy (non-hydrogen) atoms. The molecule has 0 radical (unpaired) electrons. The van der Waals surface area contributed by atoms with E-state index in [4.69, 9.17) is 4.42 Å². The smallest absolute Gasteiger partial charge is 0.349 e. The number of hydrogen-bond donors (Lipinski definition) is 1. The van der Waals surface area contributed by atoms with Gasteiger partial charge in [0.15, 0.2) is 0 Å². The lowest BCUT2D eigenvalue weighted by Gasteiger charge is -2.09. The van der Waals surface area contributed by atoms with Gasteiger partial charge < -0.3 is 9.73 Å². The van der Waals surface area contributed by atoms with Crippen LogP contribution < -0.4 is 10.9 Å². The number of carbonyl (C=O) groups excluding carboxylic acids is 1. The zero-order valence-corrected chi connectivity index (χ0v) is 14.0. The van der Waals surface area contributed by atoms with E-state index in [1.165, 1.54) is 0 Å². The third kappa shape index (κ3) is 4.52. The Bertz CT molecular complexity index is 746. The van der Waals surface area contributed by atoms with E-state index in [-0.39, 0.29) is 5.56 Å². The fraction of sp³-hybridized carbons (Fsp3) is 0.389. The fourth-order valence-electron chi connectivity index (χ4n) is 2.24. The van der Waals surface area contributed by atoms with Crippen LogP contribution >= 0.6 is 0 Å². The number of nitrogens with one attached hydrogen (secondary N) is 1. The average Bonchev–Trinajstić information content (AvgIpc) is 2.47. The first kappa shape index (κ1) is 16.9. The first-order valence-electron chi connectivity index (χ1n) is 7.74. The number of anilines is 1. The number of carbonyl (C=O) groups is 1. The third-order valence-corrected chi connectivity index (χ3v) is 3.56. The minimum absolute atomic E-state index is 0.0406. The molecule has 0 fully saturated rings. The van der Waals surface area contributed by atoms with Gasteiger partial charge in [-0.25, -0.2) is 4.79 Å². The van der Waals surface area contributed by atoms with Gasteiger partial charge in [-0.2, -0.15) is 0 Å². The second-order valence-electron chi connectivity index (χ2n) is 6.13. The van der Waals surface area contributed by atoms with E-state index in [0.29, 0.717) is 29.3 Å². The quantitative estimate of drug-likeness (QED) is 0.917. The largest absolute Gasteiger partial charge is 0.427 e. The molecule has 0 unspecified atom stereocenters. The van der Waals surface area contributed by atoms with E-state index < -0.39 is 11.5 Å². The van der Waals surface area contributed by atoms with E-state index in [2.05, 4.69) is 24.1 Å². The molecule has 0 bridgehead atoms. The third-order valence-electron chi connectivity index (χ3n) is 3.56. The Hall–Kier alpha value is -2.43. The van der Waals surface area contributed by atoms with Crippen molar-refractivity contribution in [2.75, 3.05) is 5.32 Å². The molecule has 2 aromatic rings. The van der Waals surface area contributed by atoms with Crippen molar-refractivity contribution in [1.29, 1.82) is 0 Å². The number of rotatable bonds is 5. The summed E-state index contributed by atoms with van der Waals surface area (Å²) in [5.74, 6) is 0.671. The van der Waals surface area contributed by atoms with E-state index in [0.717, 1.165) is 12.1 Å². The van der Waals surface area contributed by atoms with Crippen LogP contribution in [0, 0.1) is 19.8 Å². The second kappa shape index (κ2) is 7.22. The highest BCUT2D eigenvalue weighted by atomic mass is 16.4. The molecular formula is C18H22N2O3. The highest BCUT2D eigenvalue weighted by molar-refractivity contribution is 6.04. The highest BCUT2D eigenvalue weighted by Crippen LogP contribution is 2.13. The molecule has 2 aromatic heterocycles. The topological polar surface area (TPSA) is 72.2 Å². The molecule has 2 heterocycles. The zero-order valence-electron chi connectivity index (χ0n) is 14.0. The lowest BCUT2D eigenvalue weighted by molar-refractivity contribution is 0.102. The molecule has 1 N–H and O–H groups in total. The van der Waals surface area contributed by atoms with Crippen LogP contribution in [0.25, 0.3) is 0 Å². The van der Waals surface area contributed by atoms with E-state index in [1.807, 2.05) is 6.92 Å². The highest BCUT2D eigenvalue weighted by Gasteiger charge is 2.17. The van der Waals surface area contributed by atoms with Crippen molar-refractivity contribution in [3.8, 4) is 0 Å². The average molecular weight is 314 g/mol. The van der Waals surface area contributed by atoms with Crippen molar-refractivity contribution in [3.63, 3.8) is 0 Å². The van der Waals surface area contributed by atoms with Crippen LogP contribution in [-0.4, -0.2) is 10.9 Å². The summed E-state index contributed by atoms with van der Waals surface area (Å²) in [6.45, 7) is 7.84. The van der Waals surface area contributed by atoms with Crippen LogP contribution in [0.15, 0.2) is 33.6 Å². The molecule has 1 amide bonds. The van der Waals surface area contributed by atoms with Crippen molar-refractivity contribution in [1.82, 2.24) is 4.98 Å². The maximum atomic E-state index is 12.3. The molecule has 0 spiro atoms. The predicted molar refractivity (Wildman–Crippen MR) is 89.8 cm³/mol. The number of aromatic nitrogens is 1. The van der Waals surface area contributed by atoms with Crippen LogP contribution in [0.3, 0.4) is 0 Å². The Balaban J connectivity index is 2.20. The predicted octanol–water partition coefficient (Wildman–Crippen LogP) is 3.49. The zero-order chi connectivity index (χ0) is 17.0. The maximum Gasteiger partial charge on any atom is 0.349 e. The van der Waals surface area contributed by atoms with Gasteiger partial charge in [0.2, 0.25) is 0 Å². The summed E-state index contributed by atoms with van der Waals surface area (Å²) in [5.41, 5.74) is 1.47. The molecule has 5 heteroatoms. The molecule has 0 aromatic carbocycles. The van der Waals surface area contributed by atoms with Crippen LogP contribution in [-0.2, 0) is 6.42 Å². The Morgan fingerprint density at radius 1 is 1.30 bits per heavy atom. The molecular weight excluding hydrogens is 292 g/mol. The minimum atomic E-state index is -0.596. The van der Waals surface area contributed by atoms with Crippen LogP contribution in [0.1, 0.15) is 47.6 Å². The number of pyridine rings is 1. The molecule has 0 atom stereocenters. The molecule has 2 rings (SSSR count). The molecule has 0 aliphatic carbocycles. The summed E-state index contributed by atoms with van der Waals surface area (Å²) in [4.78, 5) is 28.6. The number of nitrogens with zero attached hydrogens (tertiary/aromatic N) is 1. The molecule has 5 nitrogen and oxygen atoms in total. The lowest BCUT2D eigenvalue weighted by Crippen LogP contribution is -2.23. The van der Waals surface area contributed by atoms with Crippen molar-refractivity contribution < 1.29 is 9.21 Å². The maximum absolute atomic E-state index is 12.3. The summed E-state index contributed by atoms with van der Waals surface area (Å²) in [5, 5.41) is 2.68.